The fourth-order valence-corrected chi connectivity index (χ4v) is 5.22. The van der Waals surface area contributed by atoms with E-state index < -0.39 is 0 Å². The number of thiazole rings is 1. The van der Waals surface area contributed by atoms with Crippen molar-refractivity contribution in [3.8, 4) is 10.6 Å². The summed E-state index contributed by atoms with van der Waals surface area (Å²) in [6.07, 6.45) is 1.84. The molecule has 1 N–H and O–H groups in total. The molecule has 6 nitrogen and oxygen atoms in total. The van der Waals surface area contributed by atoms with E-state index in [-0.39, 0.29) is 11.9 Å². The van der Waals surface area contributed by atoms with Crippen molar-refractivity contribution in [2.75, 3.05) is 37.6 Å². The largest absolute Gasteiger partial charge is 0.354 e. The van der Waals surface area contributed by atoms with E-state index in [9.17, 15) is 4.79 Å². The highest BCUT2D eigenvalue weighted by atomic mass is 32.1. The van der Waals surface area contributed by atoms with Crippen molar-refractivity contribution in [2.24, 2.45) is 0 Å². The van der Waals surface area contributed by atoms with E-state index in [1.807, 2.05) is 36.7 Å². The second kappa shape index (κ2) is 9.02. The molecule has 1 amide bonds. The molecule has 1 fully saturated rings. The molecule has 1 unspecified atom stereocenters. The highest BCUT2D eigenvalue weighted by Gasteiger charge is 2.22. The first-order chi connectivity index (χ1) is 14.1. The first kappa shape index (κ1) is 20.0. The lowest BCUT2D eigenvalue weighted by Gasteiger charge is -2.36. The number of aryl methyl sites for hydroxylation is 1. The second-order valence-electron chi connectivity index (χ2n) is 7.30. The number of carbonyl (C=O) groups is 1. The van der Waals surface area contributed by atoms with Crippen LogP contribution in [0.25, 0.3) is 10.6 Å². The van der Waals surface area contributed by atoms with Crippen LogP contribution in [-0.4, -0.2) is 59.5 Å². The van der Waals surface area contributed by atoms with Crippen molar-refractivity contribution in [3.63, 3.8) is 0 Å². The average molecular weight is 428 g/mol. The monoisotopic (exact) mass is 427 g/mol. The van der Waals surface area contributed by atoms with Crippen LogP contribution in [0.15, 0.2) is 41.2 Å². The maximum atomic E-state index is 12.8. The van der Waals surface area contributed by atoms with E-state index in [2.05, 4.69) is 43.5 Å². The predicted octanol–water partition coefficient (Wildman–Crippen LogP) is 3.52. The molecule has 4 rings (SSSR count). The molecule has 1 aliphatic rings. The number of piperazine rings is 1. The molecule has 0 bridgehead atoms. The molecule has 4 heterocycles. The van der Waals surface area contributed by atoms with Crippen LogP contribution in [0, 0.1) is 6.92 Å². The smallest absolute Gasteiger partial charge is 0.263 e. The number of pyridine rings is 1. The third-order valence-electron chi connectivity index (χ3n) is 5.03. The molecule has 8 heteroatoms. The Bertz CT molecular complexity index is 933. The van der Waals surface area contributed by atoms with Crippen molar-refractivity contribution in [2.45, 2.75) is 19.9 Å². The zero-order valence-electron chi connectivity index (χ0n) is 16.7. The van der Waals surface area contributed by atoms with Gasteiger partial charge in [0.15, 0.2) is 0 Å². The van der Waals surface area contributed by atoms with Crippen LogP contribution in [0.4, 0.5) is 5.82 Å². The second-order valence-corrected chi connectivity index (χ2v) is 9.07. The SMILES string of the molecule is Cc1nc(-c2ccsc2)sc1C(=O)NC(C)CN1CCN(c2ccccn2)CC1. The standard InChI is InChI=1S/C21H25N5OS2/c1-15(13-25-8-10-26(11-9-25)18-5-3-4-7-22-18)23-20(27)19-16(2)24-21(29-19)17-6-12-28-14-17/h3-7,12,14-15H,8-11,13H2,1-2H3,(H,23,27). The highest BCUT2D eigenvalue weighted by Crippen LogP contribution is 2.29. The van der Waals surface area contributed by atoms with Crippen molar-refractivity contribution in [3.05, 3.63) is 51.8 Å². The van der Waals surface area contributed by atoms with Crippen molar-refractivity contribution < 1.29 is 4.79 Å². The number of thiophene rings is 1. The minimum absolute atomic E-state index is 0.0268. The number of anilines is 1. The minimum atomic E-state index is -0.0268. The van der Waals surface area contributed by atoms with Gasteiger partial charge in [0.05, 0.1) is 5.69 Å². The molecule has 0 aromatic carbocycles. The average Bonchev–Trinajstić information content (AvgIpc) is 3.39. The number of nitrogens with zero attached hydrogens (tertiary/aromatic N) is 4. The number of amides is 1. The first-order valence-corrected chi connectivity index (χ1v) is 11.6. The number of hydrogen-bond donors (Lipinski definition) is 1. The Kier molecular flexibility index (Phi) is 6.22. The molecule has 0 saturated carbocycles. The molecule has 3 aromatic heterocycles. The Balaban J connectivity index is 1.29. The summed E-state index contributed by atoms with van der Waals surface area (Å²) in [6, 6.07) is 8.14. The molecule has 0 spiro atoms. The maximum Gasteiger partial charge on any atom is 0.263 e. The molecular weight excluding hydrogens is 402 g/mol. The zero-order valence-corrected chi connectivity index (χ0v) is 18.3. The van der Waals surface area contributed by atoms with Gasteiger partial charge in [0, 0.05) is 55.9 Å². The lowest BCUT2D eigenvalue weighted by Crippen LogP contribution is -2.51. The van der Waals surface area contributed by atoms with Gasteiger partial charge in [-0.25, -0.2) is 9.97 Å². The third-order valence-corrected chi connectivity index (χ3v) is 6.91. The van der Waals surface area contributed by atoms with E-state index in [0.717, 1.165) is 54.8 Å². The Morgan fingerprint density at radius 1 is 1.24 bits per heavy atom. The molecule has 0 aliphatic carbocycles. The fourth-order valence-electron chi connectivity index (χ4n) is 3.54. The Labute approximate surface area is 179 Å². The minimum Gasteiger partial charge on any atom is -0.354 e. The van der Waals surface area contributed by atoms with Gasteiger partial charge in [-0.1, -0.05) is 6.07 Å². The molecular formula is C21H25N5OS2. The lowest BCUT2D eigenvalue weighted by atomic mass is 10.2. The van der Waals surface area contributed by atoms with Gasteiger partial charge >= 0.3 is 0 Å². The Hall–Kier alpha value is -2.29. The quantitative estimate of drug-likeness (QED) is 0.652. The Morgan fingerprint density at radius 2 is 2.07 bits per heavy atom. The van der Waals surface area contributed by atoms with Gasteiger partial charge in [-0.05, 0) is 37.4 Å². The van der Waals surface area contributed by atoms with Crippen molar-refractivity contribution >= 4 is 34.4 Å². The van der Waals surface area contributed by atoms with Crippen LogP contribution >= 0.6 is 22.7 Å². The summed E-state index contributed by atoms with van der Waals surface area (Å²) in [7, 11) is 0. The molecule has 0 radical (unpaired) electrons. The van der Waals surface area contributed by atoms with Crippen LogP contribution in [0.3, 0.4) is 0 Å². The van der Waals surface area contributed by atoms with Crippen molar-refractivity contribution in [1.82, 2.24) is 20.2 Å². The lowest BCUT2D eigenvalue weighted by molar-refractivity contribution is 0.0931. The summed E-state index contributed by atoms with van der Waals surface area (Å²) >= 11 is 3.11. The van der Waals surface area contributed by atoms with Gasteiger partial charge in [0.1, 0.15) is 15.7 Å². The van der Waals surface area contributed by atoms with Gasteiger partial charge in [-0.2, -0.15) is 11.3 Å². The van der Waals surface area contributed by atoms with Crippen LogP contribution in [0.1, 0.15) is 22.3 Å². The van der Waals surface area contributed by atoms with Crippen molar-refractivity contribution in [1.29, 1.82) is 0 Å². The highest BCUT2D eigenvalue weighted by molar-refractivity contribution is 7.17. The van der Waals surface area contributed by atoms with Gasteiger partial charge in [0.2, 0.25) is 0 Å². The molecule has 1 saturated heterocycles. The zero-order chi connectivity index (χ0) is 20.2. The summed E-state index contributed by atoms with van der Waals surface area (Å²) in [4.78, 5) is 27.2. The summed E-state index contributed by atoms with van der Waals surface area (Å²) in [5.41, 5.74) is 1.88. The molecule has 152 valence electrons. The summed E-state index contributed by atoms with van der Waals surface area (Å²) in [6.45, 7) is 8.67. The van der Waals surface area contributed by atoms with Gasteiger partial charge in [0.25, 0.3) is 5.91 Å². The summed E-state index contributed by atoms with van der Waals surface area (Å²) in [5.74, 6) is 1.01. The summed E-state index contributed by atoms with van der Waals surface area (Å²) in [5, 5.41) is 8.15. The summed E-state index contributed by atoms with van der Waals surface area (Å²) < 4.78 is 0. The number of hydrogen-bond acceptors (Lipinski definition) is 7. The van der Waals surface area contributed by atoms with E-state index >= 15 is 0 Å². The molecule has 29 heavy (non-hydrogen) atoms. The third kappa shape index (κ3) is 4.83. The van der Waals surface area contributed by atoms with E-state index in [0.29, 0.717) is 4.88 Å². The molecule has 1 atom stereocenters. The van der Waals surface area contributed by atoms with Crippen LogP contribution in [0.5, 0.6) is 0 Å². The molecule has 1 aliphatic heterocycles. The van der Waals surface area contributed by atoms with Crippen LogP contribution < -0.4 is 10.2 Å². The van der Waals surface area contributed by atoms with Gasteiger partial charge < -0.3 is 10.2 Å². The van der Waals surface area contributed by atoms with E-state index in [1.54, 1.807) is 11.3 Å². The fraction of sp³-hybridized carbons (Fsp3) is 0.381. The number of carbonyl (C=O) groups excluding carboxylic acids is 1. The van der Waals surface area contributed by atoms with Crippen LogP contribution in [0.2, 0.25) is 0 Å². The first-order valence-electron chi connectivity index (χ1n) is 9.79. The predicted molar refractivity (Wildman–Crippen MR) is 120 cm³/mol. The van der Waals surface area contributed by atoms with E-state index in [1.165, 1.54) is 11.3 Å². The molecule has 3 aromatic rings. The van der Waals surface area contributed by atoms with Gasteiger partial charge in [-0.3, -0.25) is 9.69 Å². The van der Waals surface area contributed by atoms with E-state index in [4.69, 9.17) is 0 Å². The number of nitrogens with one attached hydrogen (secondary N) is 1. The maximum absolute atomic E-state index is 12.8. The van der Waals surface area contributed by atoms with Crippen LogP contribution in [-0.2, 0) is 0 Å². The Morgan fingerprint density at radius 3 is 2.76 bits per heavy atom. The number of aromatic nitrogens is 2. The topological polar surface area (TPSA) is 61.4 Å². The number of rotatable bonds is 6. The van der Waals surface area contributed by atoms with Gasteiger partial charge in [-0.15, -0.1) is 11.3 Å². The normalized spacial score (nSPS) is 16.0.